The summed E-state index contributed by atoms with van der Waals surface area (Å²) in [6.07, 6.45) is 2.39. The molecule has 1 heterocycles. The van der Waals surface area contributed by atoms with Crippen molar-refractivity contribution in [2.45, 2.75) is 11.8 Å². The molecule has 1 aliphatic heterocycles. The molecule has 1 amide bonds. The van der Waals surface area contributed by atoms with Crippen LogP contribution >= 0.6 is 11.8 Å². The molecule has 1 atom stereocenters. The van der Waals surface area contributed by atoms with Gasteiger partial charge in [0.15, 0.2) is 0 Å². The van der Waals surface area contributed by atoms with Crippen molar-refractivity contribution in [2.75, 3.05) is 11.2 Å². The highest BCUT2D eigenvalue weighted by Crippen LogP contribution is 2.35. The Morgan fingerprint density at radius 3 is 2.75 bits per heavy atom. The minimum absolute atomic E-state index is 0.0203. The number of carboxylic acids is 1. The molecule has 5 heteroatoms. The van der Waals surface area contributed by atoms with Crippen LogP contribution in [0.25, 0.3) is 0 Å². The van der Waals surface area contributed by atoms with E-state index < -0.39 is 5.97 Å². The lowest BCUT2D eigenvalue weighted by Gasteiger charge is -2.39. The number of carbonyl (C=O) groups excluding carboxylic acids is 1. The largest absolute Gasteiger partial charge is 0.478 e. The van der Waals surface area contributed by atoms with E-state index >= 15 is 0 Å². The number of anilines is 1. The number of β-lactam (4-membered cyclic amide) rings is 1. The van der Waals surface area contributed by atoms with E-state index in [9.17, 15) is 9.59 Å². The van der Waals surface area contributed by atoms with E-state index in [0.717, 1.165) is 0 Å². The molecule has 1 aromatic rings. The van der Waals surface area contributed by atoms with Crippen molar-refractivity contribution >= 4 is 29.3 Å². The van der Waals surface area contributed by atoms with Crippen LogP contribution in [0, 0.1) is 0 Å². The number of hydrogen-bond acceptors (Lipinski definition) is 3. The van der Waals surface area contributed by atoms with E-state index in [-0.39, 0.29) is 16.8 Å². The highest BCUT2D eigenvalue weighted by Gasteiger charge is 2.38. The van der Waals surface area contributed by atoms with Gasteiger partial charge in [-0.25, -0.2) is 4.79 Å². The molecule has 1 fully saturated rings. The number of carbonyl (C=O) groups is 2. The number of carboxylic acid groups (broad SMARTS) is 1. The maximum Gasteiger partial charge on any atom is 0.337 e. The van der Waals surface area contributed by atoms with Crippen LogP contribution < -0.4 is 4.90 Å². The monoisotopic (exact) mass is 237 g/mol. The molecule has 0 aliphatic carbocycles. The molecule has 1 aliphatic rings. The second-order valence-corrected chi connectivity index (χ2v) is 4.50. The smallest absolute Gasteiger partial charge is 0.337 e. The molecule has 4 nitrogen and oxygen atoms in total. The summed E-state index contributed by atoms with van der Waals surface area (Å²) in [5.41, 5.74) is 0.667. The van der Waals surface area contributed by atoms with Gasteiger partial charge in [0.1, 0.15) is 0 Å². The van der Waals surface area contributed by atoms with Gasteiger partial charge in [0.25, 0.3) is 0 Å². The Labute approximate surface area is 97.3 Å². The number of para-hydroxylation sites is 1. The fourth-order valence-electron chi connectivity index (χ4n) is 1.73. The lowest BCUT2D eigenvalue weighted by atomic mass is 10.1. The first-order valence-corrected chi connectivity index (χ1v) is 6.11. The van der Waals surface area contributed by atoms with Crippen molar-refractivity contribution in [3.63, 3.8) is 0 Å². The highest BCUT2D eigenvalue weighted by atomic mass is 32.2. The lowest BCUT2D eigenvalue weighted by Crippen LogP contribution is -2.51. The summed E-state index contributed by atoms with van der Waals surface area (Å²) in [4.78, 5) is 24.1. The number of benzene rings is 1. The number of nitrogens with zero attached hydrogens (tertiary/aromatic N) is 1. The molecule has 0 aromatic heterocycles. The third-order valence-electron chi connectivity index (χ3n) is 2.57. The Bertz CT molecular complexity index is 447. The van der Waals surface area contributed by atoms with E-state index in [1.54, 1.807) is 34.9 Å². The van der Waals surface area contributed by atoms with Gasteiger partial charge in [-0.15, -0.1) is 11.8 Å². The van der Waals surface area contributed by atoms with Crippen LogP contribution in [-0.2, 0) is 4.79 Å². The zero-order chi connectivity index (χ0) is 11.7. The minimum atomic E-state index is -1.00. The van der Waals surface area contributed by atoms with Crippen molar-refractivity contribution < 1.29 is 14.7 Å². The second-order valence-electron chi connectivity index (χ2n) is 3.48. The van der Waals surface area contributed by atoms with Crippen LogP contribution in [-0.4, -0.2) is 28.6 Å². The molecule has 84 valence electrons. The standard InChI is InChI=1S/C11H11NO3S/c1-16-10-6-9(13)12(10)8-5-3-2-4-7(8)11(14)15/h2-5,10H,6H2,1H3,(H,14,15). The predicted octanol–water partition coefficient (Wildman–Crippen LogP) is 1.81. The molecule has 16 heavy (non-hydrogen) atoms. The summed E-state index contributed by atoms with van der Waals surface area (Å²) < 4.78 is 0. The van der Waals surface area contributed by atoms with Crippen molar-refractivity contribution in [3.05, 3.63) is 29.8 Å². The maximum absolute atomic E-state index is 11.5. The van der Waals surface area contributed by atoms with E-state index in [0.29, 0.717) is 12.1 Å². The van der Waals surface area contributed by atoms with Gasteiger partial charge < -0.3 is 5.11 Å². The quantitative estimate of drug-likeness (QED) is 0.814. The van der Waals surface area contributed by atoms with Crippen molar-refractivity contribution in [1.29, 1.82) is 0 Å². The average molecular weight is 237 g/mol. The minimum Gasteiger partial charge on any atom is -0.478 e. The topological polar surface area (TPSA) is 57.6 Å². The van der Waals surface area contributed by atoms with Gasteiger partial charge in [-0.3, -0.25) is 9.69 Å². The van der Waals surface area contributed by atoms with Crippen molar-refractivity contribution in [3.8, 4) is 0 Å². The van der Waals surface area contributed by atoms with E-state index in [1.165, 1.54) is 6.07 Å². The zero-order valence-electron chi connectivity index (χ0n) is 8.71. The molecule has 1 aromatic carbocycles. The molecular weight excluding hydrogens is 226 g/mol. The fraction of sp³-hybridized carbons (Fsp3) is 0.273. The third-order valence-corrected chi connectivity index (χ3v) is 3.49. The number of hydrogen-bond donors (Lipinski definition) is 1. The van der Waals surface area contributed by atoms with Gasteiger partial charge in [-0.2, -0.15) is 0 Å². The van der Waals surface area contributed by atoms with Gasteiger partial charge in [-0.1, -0.05) is 12.1 Å². The first-order valence-electron chi connectivity index (χ1n) is 4.82. The molecule has 0 radical (unpaired) electrons. The van der Waals surface area contributed by atoms with Crippen LogP contribution in [0.5, 0.6) is 0 Å². The Kier molecular flexibility index (Phi) is 2.87. The number of rotatable bonds is 3. The predicted molar refractivity (Wildman–Crippen MR) is 62.8 cm³/mol. The Morgan fingerprint density at radius 2 is 2.19 bits per heavy atom. The second kappa shape index (κ2) is 4.17. The van der Waals surface area contributed by atoms with Gasteiger partial charge in [-0.05, 0) is 18.4 Å². The van der Waals surface area contributed by atoms with Gasteiger partial charge in [0, 0.05) is 0 Å². The lowest BCUT2D eigenvalue weighted by molar-refractivity contribution is -0.122. The summed E-state index contributed by atoms with van der Waals surface area (Å²) >= 11 is 1.55. The Morgan fingerprint density at radius 1 is 1.50 bits per heavy atom. The van der Waals surface area contributed by atoms with Crippen LogP contribution in [0.4, 0.5) is 5.69 Å². The van der Waals surface area contributed by atoms with E-state index in [4.69, 9.17) is 5.11 Å². The van der Waals surface area contributed by atoms with Crippen LogP contribution in [0.2, 0.25) is 0 Å². The molecule has 0 bridgehead atoms. The third kappa shape index (κ3) is 1.67. The first kappa shape index (κ1) is 11.0. The first-order chi connectivity index (χ1) is 7.65. The molecule has 2 rings (SSSR count). The van der Waals surface area contributed by atoms with E-state index in [1.807, 2.05) is 6.26 Å². The van der Waals surface area contributed by atoms with E-state index in [2.05, 4.69) is 0 Å². The molecule has 0 saturated carbocycles. The molecular formula is C11H11NO3S. The average Bonchev–Trinajstić information content (AvgIpc) is 2.26. The summed E-state index contributed by atoms with van der Waals surface area (Å²) in [5.74, 6) is -1.02. The Hall–Kier alpha value is -1.49. The van der Waals surface area contributed by atoms with Crippen molar-refractivity contribution in [1.82, 2.24) is 0 Å². The molecule has 1 saturated heterocycles. The number of aromatic carboxylic acids is 1. The Balaban J connectivity index is 2.39. The van der Waals surface area contributed by atoms with Gasteiger partial charge in [0.2, 0.25) is 5.91 Å². The molecule has 0 spiro atoms. The number of amides is 1. The molecule has 1 unspecified atom stereocenters. The summed E-state index contributed by atoms with van der Waals surface area (Å²) in [6, 6.07) is 6.58. The maximum atomic E-state index is 11.5. The molecule has 1 N–H and O–H groups in total. The zero-order valence-corrected chi connectivity index (χ0v) is 9.53. The van der Waals surface area contributed by atoms with Crippen LogP contribution in [0.1, 0.15) is 16.8 Å². The SMILES string of the molecule is CSC1CC(=O)N1c1ccccc1C(=O)O. The van der Waals surface area contributed by atoms with Crippen molar-refractivity contribution in [2.24, 2.45) is 0 Å². The highest BCUT2D eigenvalue weighted by molar-refractivity contribution is 7.99. The summed E-state index contributed by atoms with van der Waals surface area (Å²) in [5, 5.41) is 9.10. The summed E-state index contributed by atoms with van der Waals surface area (Å²) in [6.45, 7) is 0. The van der Waals surface area contributed by atoms with Crippen LogP contribution in [0.3, 0.4) is 0 Å². The number of thioether (sulfide) groups is 1. The fourth-order valence-corrected chi connectivity index (χ4v) is 2.48. The van der Waals surface area contributed by atoms with Gasteiger partial charge >= 0.3 is 5.97 Å². The van der Waals surface area contributed by atoms with Crippen LogP contribution in [0.15, 0.2) is 24.3 Å². The summed E-state index contributed by atoms with van der Waals surface area (Å²) in [7, 11) is 0. The normalized spacial score (nSPS) is 19.4. The van der Waals surface area contributed by atoms with Gasteiger partial charge in [0.05, 0.1) is 23.0 Å².